The quantitative estimate of drug-likeness (QED) is 0.551. The minimum Gasteiger partial charge on any atom is -0.278 e. The molecule has 4 nitrogen and oxygen atoms in total. The number of carbonyl (C=O) groups excluding carboxylic acids is 1. The van der Waals surface area contributed by atoms with Crippen molar-refractivity contribution in [3.05, 3.63) is 0 Å². The molecule has 0 fully saturated rings. The lowest BCUT2D eigenvalue weighted by atomic mass is 10.6. The Morgan fingerprint density at radius 2 is 1.89 bits per heavy atom. The Morgan fingerprint density at radius 1 is 1.44 bits per heavy atom. The number of sulfonamides is 1. The van der Waals surface area contributed by atoms with E-state index in [9.17, 15) is 13.2 Å². The first-order valence-corrected chi connectivity index (χ1v) is 4.00. The van der Waals surface area contributed by atoms with E-state index in [-0.39, 0.29) is 6.41 Å². The van der Waals surface area contributed by atoms with Crippen LogP contribution in [0.1, 0.15) is 13.8 Å². The van der Waals surface area contributed by atoms with Gasteiger partial charge in [-0.05, 0) is 13.8 Å². The molecule has 0 bridgehead atoms. The van der Waals surface area contributed by atoms with Crippen LogP contribution in [0.15, 0.2) is 0 Å². The molecular formula is C4H9NO3S. The van der Waals surface area contributed by atoms with Gasteiger partial charge in [-0.3, -0.25) is 9.52 Å². The molecule has 1 amide bonds. The molecule has 0 aromatic carbocycles. The van der Waals surface area contributed by atoms with Gasteiger partial charge in [0.05, 0.1) is 5.25 Å². The van der Waals surface area contributed by atoms with E-state index in [1.165, 1.54) is 13.8 Å². The van der Waals surface area contributed by atoms with E-state index in [0.29, 0.717) is 0 Å². The SMILES string of the molecule is CC(C)S(=O)(=O)NC=O. The number of hydrogen-bond acceptors (Lipinski definition) is 3. The van der Waals surface area contributed by atoms with Crippen molar-refractivity contribution in [2.24, 2.45) is 0 Å². The van der Waals surface area contributed by atoms with E-state index in [0.717, 1.165) is 0 Å². The average Bonchev–Trinajstić information content (AvgIpc) is 1.65. The van der Waals surface area contributed by atoms with Gasteiger partial charge in [-0.25, -0.2) is 8.42 Å². The molecule has 54 valence electrons. The fourth-order valence-electron chi connectivity index (χ4n) is 0.203. The van der Waals surface area contributed by atoms with Gasteiger partial charge in [0.1, 0.15) is 0 Å². The van der Waals surface area contributed by atoms with Gasteiger partial charge in [0.2, 0.25) is 16.4 Å². The van der Waals surface area contributed by atoms with Gasteiger partial charge >= 0.3 is 0 Å². The first-order valence-electron chi connectivity index (χ1n) is 2.45. The van der Waals surface area contributed by atoms with E-state index in [2.05, 4.69) is 0 Å². The molecule has 0 aliphatic rings. The Hall–Kier alpha value is -0.580. The maximum atomic E-state index is 10.6. The Bertz CT molecular complexity index is 182. The lowest BCUT2D eigenvalue weighted by Crippen LogP contribution is -2.29. The van der Waals surface area contributed by atoms with E-state index in [4.69, 9.17) is 0 Å². The van der Waals surface area contributed by atoms with Crippen LogP contribution in [0.25, 0.3) is 0 Å². The maximum absolute atomic E-state index is 10.6. The van der Waals surface area contributed by atoms with Gasteiger partial charge in [0.25, 0.3) is 0 Å². The van der Waals surface area contributed by atoms with Crippen molar-refractivity contribution in [1.82, 2.24) is 4.72 Å². The minimum atomic E-state index is -3.37. The number of hydrogen-bond donors (Lipinski definition) is 1. The van der Waals surface area contributed by atoms with E-state index in [1.807, 2.05) is 0 Å². The van der Waals surface area contributed by atoms with Gasteiger partial charge in [-0.1, -0.05) is 0 Å². The Morgan fingerprint density at radius 3 is 2.00 bits per heavy atom. The highest BCUT2D eigenvalue weighted by molar-refractivity contribution is 7.90. The average molecular weight is 151 g/mol. The molecule has 5 heteroatoms. The number of carbonyl (C=O) groups is 1. The van der Waals surface area contributed by atoms with Gasteiger partial charge in [0.15, 0.2) is 0 Å². The van der Waals surface area contributed by atoms with Crippen molar-refractivity contribution < 1.29 is 13.2 Å². The summed E-state index contributed by atoms with van der Waals surface area (Å²) in [6.07, 6.45) is 0.162. The van der Waals surface area contributed by atoms with Gasteiger partial charge in [0, 0.05) is 0 Å². The Balaban J connectivity index is 4.22. The third-order valence-electron chi connectivity index (χ3n) is 0.833. The number of nitrogens with one attached hydrogen (secondary N) is 1. The molecule has 0 heterocycles. The Kier molecular flexibility index (Phi) is 2.64. The number of amides is 1. The largest absolute Gasteiger partial charge is 0.278 e. The van der Waals surface area contributed by atoms with Crippen LogP contribution in [0, 0.1) is 0 Å². The van der Waals surface area contributed by atoms with Crippen LogP contribution in [-0.4, -0.2) is 20.1 Å². The zero-order chi connectivity index (χ0) is 7.49. The van der Waals surface area contributed by atoms with Crippen LogP contribution in [0.5, 0.6) is 0 Å². The molecular weight excluding hydrogens is 142 g/mol. The molecule has 1 N–H and O–H groups in total. The molecule has 0 saturated carbocycles. The summed E-state index contributed by atoms with van der Waals surface area (Å²) >= 11 is 0. The van der Waals surface area contributed by atoms with Crippen molar-refractivity contribution in [3.8, 4) is 0 Å². The first-order chi connectivity index (χ1) is 4.00. The van der Waals surface area contributed by atoms with Crippen LogP contribution >= 0.6 is 0 Å². The van der Waals surface area contributed by atoms with E-state index >= 15 is 0 Å². The maximum Gasteiger partial charge on any atom is 0.237 e. The van der Waals surface area contributed by atoms with E-state index < -0.39 is 15.3 Å². The molecule has 9 heavy (non-hydrogen) atoms. The fraction of sp³-hybridized carbons (Fsp3) is 0.750. The highest BCUT2D eigenvalue weighted by Crippen LogP contribution is 1.92. The summed E-state index contributed by atoms with van der Waals surface area (Å²) in [6.45, 7) is 2.98. The summed E-state index contributed by atoms with van der Waals surface area (Å²) in [5.74, 6) is 0. The highest BCUT2D eigenvalue weighted by atomic mass is 32.2. The second kappa shape index (κ2) is 2.82. The van der Waals surface area contributed by atoms with Crippen LogP contribution in [0.3, 0.4) is 0 Å². The topological polar surface area (TPSA) is 63.2 Å². The summed E-state index contributed by atoms with van der Waals surface area (Å²) in [6, 6.07) is 0. The molecule has 0 atom stereocenters. The van der Waals surface area contributed by atoms with Crippen molar-refractivity contribution in [2.75, 3.05) is 0 Å². The normalized spacial score (nSPS) is 11.4. The zero-order valence-electron chi connectivity index (χ0n) is 5.29. The van der Waals surface area contributed by atoms with Gasteiger partial charge in [-0.15, -0.1) is 0 Å². The predicted molar refractivity (Wildman–Crippen MR) is 33.3 cm³/mol. The van der Waals surface area contributed by atoms with Crippen LogP contribution in [0.2, 0.25) is 0 Å². The minimum absolute atomic E-state index is 0.162. The fourth-order valence-corrected chi connectivity index (χ4v) is 0.609. The summed E-state index contributed by atoms with van der Waals surface area (Å²) in [5.41, 5.74) is 0. The number of rotatable bonds is 3. The van der Waals surface area contributed by atoms with Crippen molar-refractivity contribution >= 4 is 16.4 Å². The molecule has 0 aliphatic carbocycles. The second-order valence-corrected chi connectivity index (χ2v) is 4.10. The molecule has 0 unspecified atom stereocenters. The van der Waals surface area contributed by atoms with Crippen molar-refractivity contribution in [2.45, 2.75) is 19.1 Å². The Labute approximate surface area is 54.3 Å². The van der Waals surface area contributed by atoms with E-state index in [1.54, 1.807) is 4.72 Å². The van der Waals surface area contributed by atoms with Crippen LogP contribution in [0.4, 0.5) is 0 Å². The molecule has 0 aromatic rings. The third-order valence-corrected chi connectivity index (χ3v) is 2.50. The molecule has 0 saturated heterocycles. The molecule has 0 radical (unpaired) electrons. The lowest BCUT2D eigenvalue weighted by Gasteiger charge is -2.02. The molecule has 0 aliphatic heterocycles. The van der Waals surface area contributed by atoms with Crippen LogP contribution in [-0.2, 0) is 14.8 Å². The van der Waals surface area contributed by atoms with Gasteiger partial charge < -0.3 is 0 Å². The summed E-state index contributed by atoms with van der Waals surface area (Å²) < 4.78 is 22.9. The molecule has 0 rings (SSSR count). The first kappa shape index (κ1) is 8.42. The standard InChI is InChI=1S/C4H9NO3S/c1-4(2)9(7,8)5-3-6/h3-4H,1-2H3,(H,5,6). The van der Waals surface area contributed by atoms with Crippen molar-refractivity contribution in [1.29, 1.82) is 0 Å². The lowest BCUT2D eigenvalue weighted by molar-refractivity contribution is -0.108. The predicted octanol–water partition coefficient (Wildman–Crippen LogP) is -0.529. The molecule has 0 aromatic heterocycles. The van der Waals surface area contributed by atoms with Crippen molar-refractivity contribution in [3.63, 3.8) is 0 Å². The van der Waals surface area contributed by atoms with Gasteiger partial charge in [-0.2, -0.15) is 0 Å². The van der Waals surface area contributed by atoms with Crippen LogP contribution < -0.4 is 4.72 Å². The summed E-state index contributed by atoms with van der Waals surface area (Å²) in [7, 11) is -3.37. The zero-order valence-corrected chi connectivity index (χ0v) is 6.10. The monoisotopic (exact) mass is 151 g/mol. The summed E-state index contributed by atoms with van der Waals surface area (Å²) in [4.78, 5) is 9.63. The highest BCUT2D eigenvalue weighted by Gasteiger charge is 2.12. The third kappa shape index (κ3) is 2.46. The molecule has 0 spiro atoms. The smallest absolute Gasteiger partial charge is 0.237 e. The second-order valence-electron chi connectivity index (χ2n) is 1.83. The summed E-state index contributed by atoms with van der Waals surface area (Å²) in [5, 5.41) is -0.553.